The zero-order chi connectivity index (χ0) is 24.6. The summed E-state index contributed by atoms with van der Waals surface area (Å²) in [6.07, 6.45) is 1.70. The van der Waals surface area contributed by atoms with E-state index in [1.807, 2.05) is 51.1 Å². The maximum absolute atomic E-state index is 13.8. The molecule has 1 aromatic heterocycles. The quantitative estimate of drug-likeness (QED) is 0.422. The summed E-state index contributed by atoms with van der Waals surface area (Å²) in [5.41, 5.74) is 3.33. The van der Waals surface area contributed by atoms with Crippen molar-refractivity contribution in [2.24, 2.45) is 5.92 Å². The fourth-order valence-corrected chi connectivity index (χ4v) is 4.71. The van der Waals surface area contributed by atoms with E-state index in [1.54, 1.807) is 12.0 Å². The molecule has 1 atom stereocenters. The van der Waals surface area contributed by atoms with Gasteiger partial charge in [-0.05, 0) is 67.5 Å². The highest BCUT2D eigenvalue weighted by molar-refractivity contribution is 5.99. The third-order valence-corrected chi connectivity index (χ3v) is 6.33. The lowest BCUT2D eigenvalue weighted by molar-refractivity contribution is 0.0728. The van der Waals surface area contributed by atoms with E-state index in [-0.39, 0.29) is 17.1 Å². The number of amides is 1. The van der Waals surface area contributed by atoms with Crippen LogP contribution in [0.3, 0.4) is 0 Å². The first kappa shape index (κ1) is 23.9. The second kappa shape index (κ2) is 9.53. The molecular weight excluding hydrogens is 430 g/mol. The molecule has 3 aromatic rings. The number of carbonyl (C=O) groups excluding carboxylic acids is 1. The van der Waals surface area contributed by atoms with Crippen molar-refractivity contribution in [3.05, 3.63) is 68.6 Å². The number of nitrogens with zero attached hydrogens (tertiary/aromatic N) is 1. The third-order valence-electron chi connectivity index (χ3n) is 6.33. The van der Waals surface area contributed by atoms with Crippen LogP contribution >= 0.6 is 0 Å². The van der Waals surface area contributed by atoms with Crippen LogP contribution < -0.4 is 14.9 Å². The van der Waals surface area contributed by atoms with Gasteiger partial charge in [0, 0.05) is 6.54 Å². The van der Waals surface area contributed by atoms with Crippen molar-refractivity contribution in [1.29, 1.82) is 0 Å². The summed E-state index contributed by atoms with van der Waals surface area (Å²) in [4.78, 5) is 28.9. The smallest absolute Gasteiger partial charge is 0.290 e. The summed E-state index contributed by atoms with van der Waals surface area (Å²) in [6, 6.07) is 8.88. The Labute approximate surface area is 200 Å². The number of rotatable bonds is 8. The standard InChI is InChI=1S/C28H33NO5/c1-7-11-29-25(19-8-9-20(21(15-19)32-6)33-12-10-16(2)3)24-26(30)23-18(5)13-17(4)14-22(23)34-27(24)28(29)31/h8-9,13-16,25H,7,10-12H2,1-6H3. The van der Waals surface area contributed by atoms with E-state index in [1.165, 1.54) is 0 Å². The number of carbonyl (C=O) groups is 1. The van der Waals surface area contributed by atoms with E-state index < -0.39 is 6.04 Å². The Balaban J connectivity index is 1.85. The summed E-state index contributed by atoms with van der Waals surface area (Å²) < 4.78 is 17.7. The largest absolute Gasteiger partial charge is 0.493 e. The molecule has 0 fully saturated rings. The fraction of sp³-hybridized carbons (Fsp3) is 0.429. The molecule has 34 heavy (non-hydrogen) atoms. The van der Waals surface area contributed by atoms with E-state index in [9.17, 15) is 9.59 Å². The highest BCUT2D eigenvalue weighted by Gasteiger charge is 2.42. The number of benzene rings is 2. The second-order valence-corrected chi connectivity index (χ2v) is 9.47. The summed E-state index contributed by atoms with van der Waals surface area (Å²) in [5.74, 6) is 1.65. The molecule has 0 N–H and O–H groups in total. The SMILES string of the molecule is CCCN1C(=O)c2oc3cc(C)cc(C)c3c(=O)c2C1c1ccc(OCCC(C)C)c(OC)c1. The van der Waals surface area contributed by atoms with Gasteiger partial charge in [-0.25, -0.2) is 0 Å². The Morgan fingerprint density at radius 1 is 1.09 bits per heavy atom. The molecule has 0 aliphatic carbocycles. The van der Waals surface area contributed by atoms with E-state index in [2.05, 4.69) is 13.8 Å². The summed E-state index contributed by atoms with van der Waals surface area (Å²) in [6.45, 7) is 11.3. The summed E-state index contributed by atoms with van der Waals surface area (Å²) in [5, 5.41) is 0.529. The molecule has 1 aliphatic rings. The number of ether oxygens (including phenoxy) is 2. The van der Waals surface area contributed by atoms with Crippen LogP contribution in [-0.4, -0.2) is 31.1 Å². The van der Waals surface area contributed by atoms with Gasteiger partial charge in [-0.3, -0.25) is 9.59 Å². The summed E-state index contributed by atoms with van der Waals surface area (Å²) in [7, 11) is 1.60. The van der Waals surface area contributed by atoms with E-state index in [0.717, 1.165) is 29.5 Å². The average molecular weight is 464 g/mol. The first-order valence-electron chi connectivity index (χ1n) is 12.0. The monoisotopic (exact) mass is 463 g/mol. The van der Waals surface area contributed by atoms with Crippen molar-refractivity contribution in [2.45, 2.75) is 53.5 Å². The molecule has 4 rings (SSSR count). The van der Waals surface area contributed by atoms with Gasteiger partial charge in [0.15, 0.2) is 16.9 Å². The molecule has 2 aromatic carbocycles. The number of methoxy groups -OCH3 is 1. The van der Waals surface area contributed by atoms with Crippen LogP contribution in [0, 0.1) is 19.8 Å². The molecule has 1 aliphatic heterocycles. The minimum Gasteiger partial charge on any atom is -0.493 e. The van der Waals surface area contributed by atoms with Crippen LogP contribution in [0.5, 0.6) is 11.5 Å². The lowest BCUT2D eigenvalue weighted by Crippen LogP contribution is -2.30. The number of fused-ring (bicyclic) bond motifs is 2. The highest BCUT2D eigenvalue weighted by Crippen LogP contribution is 2.41. The maximum atomic E-state index is 13.8. The molecule has 0 radical (unpaired) electrons. The number of aryl methyl sites for hydroxylation is 2. The lowest BCUT2D eigenvalue weighted by Gasteiger charge is -2.25. The molecule has 0 saturated heterocycles. The van der Waals surface area contributed by atoms with Crippen molar-refractivity contribution >= 4 is 16.9 Å². The average Bonchev–Trinajstić information content (AvgIpc) is 3.05. The molecule has 0 bridgehead atoms. The fourth-order valence-electron chi connectivity index (χ4n) is 4.71. The lowest BCUT2D eigenvalue weighted by atomic mass is 9.96. The summed E-state index contributed by atoms with van der Waals surface area (Å²) >= 11 is 0. The zero-order valence-electron chi connectivity index (χ0n) is 20.9. The second-order valence-electron chi connectivity index (χ2n) is 9.47. The van der Waals surface area contributed by atoms with Crippen LogP contribution in [0.15, 0.2) is 39.5 Å². The van der Waals surface area contributed by atoms with Gasteiger partial charge >= 0.3 is 0 Å². The van der Waals surface area contributed by atoms with Crippen molar-refractivity contribution in [2.75, 3.05) is 20.3 Å². The van der Waals surface area contributed by atoms with Crippen LogP contribution in [0.1, 0.15) is 72.5 Å². The number of hydrogen-bond acceptors (Lipinski definition) is 5. The first-order chi connectivity index (χ1) is 16.3. The van der Waals surface area contributed by atoms with E-state index >= 15 is 0 Å². The van der Waals surface area contributed by atoms with Crippen molar-refractivity contribution in [3.63, 3.8) is 0 Å². The Morgan fingerprint density at radius 3 is 2.53 bits per heavy atom. The molecular formula is C28H33NO5. The highest BCUT2D eigenvalue weighted by atomic mass is 16.5. The maximum Gasteiger partial charge on any atom is 0.290 e. The Kier molecular flexibility index (Phi) is 6.69. The zero-order valence-corrected chi connectivity index (χ0v) is 20.9. The Hall–Kier alpha value is -3.28. The van der Waals surface area contributed by atoms with Crippen molar-refractivity contribution < 1.29 is 18.7 Å². The van der Waals surface area contributed by atoms with Gasteiger partial charge in [-0.15, -0.1) is 0 Å². The van der Waals surface area contributed by atoms with Gasteiger partial charge < -0.3 is 18.8 Å². The first-order valence-corrected chi connectivity index (χ1v) is 12.0. The van der Waals surface area contributed by atoms with Gasteiger partial charge in [-0.2, -0.15) is 0 Å². The minimum atomic E-state index is -0.539. The number of hydrogen-bond donors (Lipinski definition) is 0. The molecule has 6 nitrogen and oxygen atoms in total. The third kappa shape index (κ3) is 4.17. The molecule has 1 unspecified atom stereocenters. The van der Waals surface area contributed by atoms with Crippen molar-refractivity contribution in [3.8, 4) is 11.5 Å². The molecule has 6 heteroatoms. The predicted octanol–water partition coefficient (Wildman–Crippen LogP) is 5.80. The van der Waals surface area contributed by atoms with Gasteiger partial charge in [0.25, 0.3) is 5.91 Å². The Morgan fingerprint density at radius 2 is 1.85 bits per heavy atom. The van der Waals surface area contributed by atoms with Crippen molar-refractivity contribution in [1.82, 2.24) is 4.90 Å². The Bertz CT molecular complexity index is 1290. The molecule has 0 spiro atoms. The van der Waals surface area contributed by atoms with Crippen LogP contribution in [0.2, 0.25) is 0 Å². The van der Waals surface area contributed by atoms with Gasteiger partial charge in [-0.1, -0.05) is 32.9 Å². The molecule has 1 amide bonds. The topological polar surface area (TPSA) is 69.0 Å². The predicted molar refractivity (Wildman–Crippen MR) is 133 cm³/mol. The van der Waals surface area contributed by atoms with Gasteiger partial charge in [0.05, 0.1) is 30.7 Å². The van der Waals surface area contributed by atoms with E-state index in [4.69, 9.17) is 13.9 Å². The van der Waals surface area contributed by atoms with Crippen LogP contribution in [-0.2, 0) is 0 Å². The molecule has 180 valence electrons. The van der Waals surface area contributed by atoms with Gasteiger partial charge in [0.1, 0.15) is 5.58 Å². The van der Waals surface area contributed by atoms with Crippen LogP contribution in [0.4, 0.5) is 0 Å². The normalized spacial score (nSPS) is 15.3. The van der Waals surface area contributed by atoms with E-state index in [0.29, 0.717) is 47.1 Å². The molecule has 0 saturated carbocycles. The minimum absolute atomic E-state index is 0.136. The molecule has 2 heterocycles. The van der Waals surface area contributed by atoms with Gasteiger partial charge in [0.2, 0.25) is 5.76 Å². The van der Waals surface area contributed by atoms with Crippen LogP contribution in [0.25, 0.3) is 11.0 Å².